The molecule has 0 radical (unpaired) electrons. The predicted octanol–water partition coefficient (Wildman–Crippen LogP) is 2.44. The Hall–Kier alpha value is -2.34. The summed E-state index contributed by atoms with van der Waals surface area (Å²) in [6.07, 6.45) is 4.68. The molecule has 0 aliphatic carbocycles. The van der Waals surface area contributed by atoms with Crippen molar-refractivity contribution in [2.75, 3.05) is 13.2 Å². The second-order valence-corrected chi connectivity index (χ2v) is 5.85. The molecule has 0 aliphatic heterocycles. The van der Waals surface area contributed by atoms with Gasteiger partial charge in [-0.15, -0.1) is 11.3 Å². The molecule has 1 N–H and O–H groups in total. The van der Waals surface area contributed by atoms with Crippen molar-refractivity contribution in [2.24, 2.45) is 0 Å². The fourth-order valence-corrected chi connectivity index (χ4v) is 2.86. The van der Waals surface area contributed by atoms with Gasteiger partial charge in [-0.05, 0) is 18.6 Å². The van der Waals surface area contributed by atoms with E-state index >= 15 is 0 Å². The molecule has 2 heterocycles. The third-order valence-corrected chi connectivity index (χ3v) is 4.07. The van der Waals surface area contributed by atoms with Crippen molar-refractivity contribution >= 4 is 22.2 Å². The summed E-state index contributed by atoms with van der Waals surface area (Å²) in [6, 6.07) is 7.65. The van der Waals surface area contributed by atoms with Crippen LogP contribution in [0.1, 0.15) is 11.3 Å². The number of nitrogens with zero attached hydrogens (tertiary/aromatic N) is 2. The lowest BCUT2D eigenvalue weighted by molar-refractivity contribution is -0.123. The standard InChI is InChI=1S/C16H17N3O2S/c1-12-4-2-3-5-14(12)21-11-15(20)17-7-6-13-10-19-8-9-22-16(19)18-13/h2-5,8-10H,6-7,11H2,1H3,(H,17,20). The molecule has 2 aromatic heterocycles. The Bertz CT molecular complexity index is 750. The number of imidazole rings is 1. The van der Waals surface area contributed by atoms with Crippen molar-refractivity contribution in [1.29, 1.82) is 0 Å². The highest BCUT2D eigenvalue weighted by molar-refractivity contribution is 7.15. The van der Waals surface area contributed by atoms with Crippen LogP contribution >= 0.6 is 11.3 Å². The van der Waals surface area contributed by atoms with Crippen LogP contribution in [0.5, 0.6) is 5.75 Å². The SMILES string of the molecule is Cc1ccccc1OCC(=O)NCCc1cn2ccsc2n1. The van der Waals surface area contributed by atoms with Gasteiger partial charge < -0.3 is 10.1 Å². The summed E-state index contributed by atoms with van der Waals surface area (Å²) in [5.41, 5.74) is 2.00. The van der Waals surface area contributed by atoms with Gasteiger partial charge in [0.05, 0.1) is 5.69 Å². The summed E-state index contributed by atoms with van der Waals surface area (Å²) in [4.78, 5) is 17.2. The zero-order chi connectivity index (χ0) is 15.4. The number of benzene rings is 1. The lowest BCUT2D eigenvalue weighted by Crippen LogP contribution is -2.30. The number of nitrogens with one attached hydrogen (secondary N) is 1. The van der Waals surface area contributed by atoms with Crippen molar-refractivity contribution in [3.63, 3.8) is 0 Å². The molecule has 1 amide bonds. The summed E-state index contributed by atoms with van der Waals surface area (Å²) in [6.45, 7) is 2.54. The Balaban J connectivity index is 1.42. The second kappa shape index (κ2) is 6.62. The third-order valence-electron chi connectivity index (χ3n) is 3.30. The third kappa shape index (κ3) is 3.46. The van der Waals surface area contributed by atoms with Gasteiger partial charge in [0, 0.05) is 30.7 Å². The molecule has 6 heteroatoms. The number of para-hydroxylation sites is 1. The average molecular weight is 315 g/mol. The van der Waals surface area contributed by atoms with E-state index in [0.717, 1.165) is 22.0 Å². The largest absolute Gasteiger partial charge is 0.484 e. The number of aromatic nitrogens is 2. The van der Waals surface area contributed by atoms with Gasteiger partial charge in [0.1, 0.15) is 5.75 Å². The van der Waals surface area contributed by atoms with E-state index in [9.17, 15) is 4.79 Å². The summed E-state index contributed by atoms with van der Waals surface area (Å²) >= 11 is 1.60. The number of carbonyl (C=O) groups excluding carboxylic acids is 1. The van der Waals surface area contributed by atoms with E-state index in [1.807, 2.05) is 53.4 Å². The number of aryl methyl sites for hydroxylation is 1. The van der Waals surface area contributed by atoms with Gasteiger partial charge in [0.2, 0.25) is 0 Å². The van der Waals surface area contributed by atoms with Crippen LogP contribution in [0, 0.1) is 6.92 Å². The number of hydrogen-bond acceptors (Lipinski definition) is 4. The highest BCUT2D eigenvalue weighted by Gasteiger charge is 2.06. The van der Waals surface area contributed by atoms with Crippen LogP contribution in [0.25, 0.3) is 4.96 Å². The Labute approximate surface area is 132 Å². The van der Waals surface area contributed by atoms with Gasteiger partial charge in [-0.2, -0.15) is 0 Å². The summed E-state index contributed by atoms with van der Waals surface area (Å²) in [5, 5.41) is 4.84. The van der Waals surface area contributed by atoms with Crippen molar-refractivity contribution < 1.29 is 9.53 Å². The number of carbonyl (C=O) groups is 1. The molecule has 3 rings (SSSR count). The number of hydrogen-bond donors (Lipinski definition) is 1. The van der Waals surface area contributed by atoms with Crippen molar-refractivity contribution in [3.8, 4) is 5.75 Å². The molecule has 1 aromatic carbocycles. The minimum absolute atomic E-state index is 0.0309. The van der Waals surface area contributed by atoms with Gasteiger partial charge >= 0.3 is 0 Å². The second-order valence-electron chi connectivity index (χ2n) is 4.98. The number of ether oxygens (including phenoxy) is 1. The number of fused-ring (bicyclic) bond motifs is 1. The summed E-state index contributed by atoms with van der Waals surface area (Å²) in [5.74, 6) is 0.622. The molecule has 5 nitrogen and oxygen atoms in total. The summed E-state index contributed by atoms with van der Waals surface area (Å²) < 4.78 is 7.50. The predicted molar refractivity (Wildman–Crippen MR) is 86.5 cm³/mol. The molecule has 0 bridgehead atoms. The minimum atomic E-state index is -0.121. The van der Waals surface area contributed by atoms with Crippen LogP contribution in [-0.2, 0) is 11.2 Å². The Morgan fingerprint density at radius 1 is 1.41 bits per heavy atom. The first-order valence-corrected chi connectivity index (χ1v) is 7.96. The molecule has 114 valence electrons. The van der Waals surface area contributed by atoms with E-state index in [0.29, 0.717) is 13.0 Å². The van der Waals surface area contributed by atoms with Gasteiger partial charge in [0.15, 0.2) is 11.6 Å². The number of rotatable bonds is 6. The van der Waals surface area contributed by atoms with Crippen LogP contribution in [0.15, 0.2) is 42.0 Å². The molecule has 0 fully saturated rings. The van der Waals surface area contributed by atoms with Gasteiger partial charge in [0.25, 0.3) is 5.91 Å². The van der Waals surface area contributed by atoms with E-state index in [2.05, 4.69) is 10.3 Å². The maximum Gasteiger partial charge on any atom is 0.257 e. The fraction of sp³-hybridized carbons (Fsp3) is 0.250. The zero-order valence-corrected chi connectivity index (χ0v) is 13.1. The maximum absolute atomic E-state index is 11.8. The first-order valence-electron chi connectivity index (χ1n) is 7.08. The topological polar surface area (TPSA) is 55.6 Å². The average Bonchev–Trinajstić information content (AvgIpc) is 3.07. The molecule has 0 saturated heterocycles. The van der Waals surface area contributed by atoms with Crippen LogP contribution in [0.3, 0.4) is 0 Å². The molecular formula is C16H17N3O2S. The molecule has 22 heavy (non-hydrogen) atoms. The normalized spacial score (nSPS) is 10.8. The van der Waals surface area contributed by atoms with Crippen LogP contribution in [-0.4, -0.2) is 28.4 Å². The fourth-order valence-electron chi connectivity index (χ4n) is 2.14. The molecule has 0 aliphatic rings. The van der Waals surface area contributed by atoms with Crippen LogP contribution in [0.2, 0.25) is 0 Å². The molecule has 3 aromatic rings. The van der Waals surface area contributed by atoms with E-state index < -0.39 is 0 Å². The molecule has 0 saturated carbocycles. The Morgan fingerprint density at radius 3 is 3.09 bits per heavy atom. The monoisotopic (exact) mass is 315 g/mol. The zero-order valence-electron chi connectivity index (χ0n) is 12.3. The number of thiazole rings is 1. The smallest absolute Gasteiger partial charge is 0.257 e. The quantitative estimate of drug-likeness (QED) is 0.760. The van der Waals surface area contributed by atoms with Crippen LogP contribution in [0.4, 0.5) is 0 Å². The lowest BCUT2D eigenvalue weighted by atomic mass is 10.2. The minimum Gasteiger partial charge on any atom is -0.484 e. The van der Waals surface area contributed by atoms with E-state index in [1.165, 1.54) is 0 Å². The van der Waals surface area contributed by atoms with E-state index in [4.69, 9.17) is 4.74 Å². The van der Waals surface area contributed by atoms with E-state index in [1.54, 1.807) is 11.3 Å². The van der Waals surface area contributed by atoms with Crippen molar-refractivity contribution in [3.05, 3.63) is 53.3 Å². The molecule has 0 unspecified atom stereocenters. The van der Waals surface area contributed by atoms with Crippen molar-refractivity contribution in [2.45, 2.75) is 13.3 Å². The van der Waals surface area contributed by atoms with Gasteiger partial charge in [-0.1, -0.05) is 18.2 Å². The van der Waals surface area contributed by atoms with Crippen LogP contribution < -0.4 is 10.1 Å². The van der Waals surface area contributed by atoms with Crippen molar-refractivity contribution in [1.82, 2.24) is 14.7 Å². The number of amides is 1. The molecule has 0 spiro atoms. The highest BCUT2D eigenvalue weighted by atomic mass is 32.1. The maximum atomic E-state index is 11.8. The first-order chi connectivity index (χ1) is 10.7. The highest BCUT2D eigenvalue weighted by Crippen LogP contribution is 2.15. The van der Waals surface area contributed by atoms with Gasteiger partial charge in [-0.3, -0.25) is 9.20 Å². The molecular weight excluding hydrogens is 298 g/mol. The lowest BCUT2D eigenvalue weighted by Gasteiger charge is -2.08. The Morgan fingerprint density at radius 2 is 2.27 bits per heavy atom. The van der Waals surface area contributed by atoms with E-state index in [-0.39, 0.29) is 12.5 Å². The van der Waals surface area contributed by atoms with Gasteiger partial charge in [-0.25, -0.2) is 4.98 Å². The summed E-state index contributed by atoms with van der Waals surface area (Å²) in [7, 11) is 0. The Kier molecular flexibility index (Phi) is 4.39. The molecule has 0 atom stereocenters. The first kappa shape index (κ1) is 14.6.